The zero-order valence-electron chi connectivity index (χ0n) is 17.6. The Labute approximate surface area is 185 Å². The summed E-state index contributed by atoms with van der Waals surface area (Å²) in [5, 5.41) is 3.58. The molecule has 0 spiro atoms. The van der Waals surface area contributed by atoms with E-state index in [0.717, 1.165) is 48.0 Å². The van der Waals surface area contributed by atoms with E-state index >= 15 is 0 Å². The normalized spacial score (nSPS) is 21.4. The second-order valence-corrected chi connectivity index (χ2v) is 9.07. The fourth-order valence-electron chi connectivity index (χ4n) is 4.17. The topological polar surface area (TPSA) is 82.6 Å². The number of aromatic amines is 1. The Morgan fingerprint density at radius 2 is 2.00 bits per heavy atom. The number of thioether (sulfide) groups is 1. The molecular formula is C23H25N5O2S. The molecule has 3 heterocycles. The maximum absolute atomic E-state index is 12.8. The number of anilines is 1. The molecule has 3 aromatic rings. The first-order chi connectivity index (χ1) is 15.1. The van der Waals surface area contributed by atoms with Crippen LogP contribution in [-0.2, 0) is 4.74 Å². The van der Waals surface area contributed by atoms with Gasteiger partial charge < -0.3 is 19.9 Å². The van der Waals surface area contributed by atoms with Gasteiger partial charge in [-0.1, -0.05) is 30.0 Å². The average molecular weight is 436 g/mol. The molecule has 1 fully saturated rings. The molecule has 160 valence electrons. The van der Waals surface area contributed by atoms with Crippen LogP contribution in [0.1, 0.15) is 24.2 Å². The number of carbonyl (C=O) groups is 1. The third kappa shape index (κ3) is 4.18. The molecule has 2 atom stereocenters. The Kier molecular flexibility index (Phi) is 5.41. The third-order valence-electron chi connectivity index (χ3n) is 5.47. The molecule has 5 rings (SSSR count). The highest BCUT2D eigenvalue weighted by atomic mass is 32.2. The van der Waals surface area contributed by atoms with Gasteiger partial charge in [-0.2, -0.15) is 0 Å². The summed E-state index contributed by atoms with van der Waals surface area (Å²) in [5.41, 5.74) is 4.18. The van der Waals surface area contributed by atoms with Gasteiger partial charge in [-0.25, -0.2) is 4.98 Å². The molecule has 2 N–H and O–H groups in total. The van der Waals surface area contributed by atoms with E-state index in [0.29, 0.717) is 16.2 Å². The molecule has 8 heteroatoms. The van der Waals surface area contributed by atoms with Crippen molar-refractivity contribution in [3.05, 3.63) is 48.0 Å². The smallest absolute Gasteiger partial charge is 0.259 e. The van der Waals surface area contributed by atoms with Crippen LogP contribution in [0.3, 0.4) is 0 Å². The second kappa shape index (κ2) is 8.36. The number of benzene rings is 2. The maximum Gasteiger partial charge on any atom is 0.259 e. The zero-order valence-corrected chi connectivity index (χ0v) is 18.4. The number of nitrogens with zero attached hydrogens (tertiary/aromatic N) is 3. The van der Waals surface area contributed by atoms with Crippen molar-refractivity contribution in [1.82, 2.24) is 15.3 Å². The fraction of sp³-hybridized carbons (Fsp3) is 0.348. The molecule has 31 heavy (non-hydrogen) atoms. The van der Waals surface area contributed by atoms with Gasteiger partial charge in [-0.05, 0) is 38.1 Å². The minimum Gasteiger partial charge on any atom is -0.372 e. The second-order valence-electron chi connectivity index (χ2n) is 7.99. The molecule has 1 saturated heterocycles. The van der Waals surface area contributed by atoms with Crippen LogP contribution in [0.2, 0.25) is 0 Å². The number of morpholine rings is 1. The summed E-state index contributed by atoms with van der Waals surface area (Å²) in [6.45, 7) is 6.68. The third-order valence-corrected chi connectivity index (χ3v) is 6.36. The van der Waals surface area contributed by atoms with Crippen LogP contribution >= 0.6 is 11.8 Å². The number of amidine groups is 1. The van der Waals surface area contributed by atoms with Crippen LogP contribution in [0.4, 0.5) is 5.69 Å². The Balaban J connectivity index is 1.45. The number of aromatic nitrogens is 2. The molecule has 0 aliphatic carbocycles. The minimum absolute atomic E-state index is 0.179. The van der Waals surface area contributed by atoms with Gasteiger partial charge in [0.05, 0.1) is 29.8 Å². The lowest BCUT2D eigenvalue weighted by Crippen LogP contribution is -2.45. The van der Waals surface area contributed by atoms with E-state index in [9.17, 15) is 4.79 Å². The quantitative estimate of drug-likeness (QED) is 0.656. The van der Waals surface area contributed by atoms with Crippen LogP contribution < -0.4 is 10.2 Å². The molecule has 2 aliphatic heterocycles. The molecule has 1 amide bonds. The first-order valence-corrected chi connectivity index (χ1v) is 11.5. The number of hydrogen-bond donors (Lipinski definition) is 2. The number of rotatable bonds is 3. The van der Waals surface area contributed by atoms with Crippen LogP contribution in [-0.4, -0.2) is 58.6 Å². The molecule has 7 nitrogen and oxygen atoms in total. The van der Waals surface area contributed by atoms with Crippen molar-refractivity contribution in [2.75, 3.05) is 30.3 Å². The number of hydrogen-bond acceptors (Lipinski definition) is 6. The number of aliphatic imine (C=N–C) groups is 1. The molecule has 0 bridgehead atoms. The molecular weight excluding hydrogens is 410 g/mol. The SMILES string of the molecule is C[C@@H]1CN(c2cccc(-c3nc4c(C(=O)NC5=NCCS5)cccc4[nH]3)c2)C[C@H](C)O1. The number of nitrogens with one attached hydrogen (secondary N) is 2. The van der Waals surface area contributed by atoms with E-state index in [-0.39, 0.29) is 18.1 Å². The Morgan fingerprint density at radius 1 is 1.19 bits per heavy atom. The van der Waals surface area contributed by atoms with Gasteiger partial charge in [0, 0.05) is 30.1 Å². The van der Waals surface area contributed by atoms with Gasteiger partial charge in [0.2, 0.25) is 0 Å². The van der Waals surface area contributed by atoms with Crippen LogP contribution in [0.15, 0.2) is 47.5 Å². The standard InChI is InChI=1S/C23H25N5O2S/c1-14-12-28(13-15(2)30-14)17-6-3-5-16(11-17)21-25-19-8-4-7-18(20(19)26-21)22(29)27-23-24-9-10-31-23/h3-8,11,14-15H,9-10,12-13H2,1-2H3,(H,25,26)(H,24,27,29)/t14-,15+. The molecule has 2 aliphatic rings. The van der Waals surface area contributed by atoms with Gasteiger partial charge in [-0.3, -0.25) is 9.79 Å². The van der Waals surface area contributed by atoms with Crippen molar-refractivity contribution in [3.8, 4) is 11.4 Å². The van der Waals surface area contributed by atoms with E-state index < -0.39 is 0 Å². The summed E-state index contributed by atoms with van der Waals surface area (Å²) in [6, 6.07) is 14.0. The monoisotopic (exact) mass is 435 g/mol. The largest absolute Gasteiger partial charge is 0.372 e. The van der Waals surface area contributed by atoms with Crippen molar-refractivity contribution in [3.63, 3.8) is 0 Å². The number of fused-ring (bicyclic) bond motifs is 1. The average Bonchev–Trinajstić information content (AvgIpc) is 3.42. The summed E-state index contributed by atoms with van der Waals surface area (Å²) in [5.74, 6) is 1.48. The van der Waals surface area contributed by atoms with Gasteiger partial charge in [0.1, 0.15) is 11.3 Å². The van der Waals surface area contributed by atoms with Gasteiger partial charge in [0.25, 0.3) is 5.91 Å². The predicted molar refractivity (Wildman–Crippen MR) is 126 cm³/mol. The van der Waals surface area contributed by atoms with E-state index in [1.54, 1.807) is 17.8 Å². The lowest BCUT2D eigenvalue weighted by atomic mass is 10.1. The maximum atomic E-state index is 12.8. The highest BCUT2D eigenvalue weighted by Gasteiger charge is 2.23. The summed E-state index contributed by atoms with van der Waals surface area (Å²) in [4.78, 5) is 27.6. The lowest BCUT2D eigenvalue weighted by Gasteiger charge is -2.37. The lowest BCUT2D eigenvalue weighted by molar-refractivity contribution is -0.00521. The fourth-order valence-corrected chi connectivity index (χ4v) is 4.89. The molecule has 0 saturated carbocycles. The predicted octanol–water partition coefficient (Wildman–Crippen LogP) is 3.68. The summed E-state index contributed by atoms with van der Waals surface area (Å²) >= 11 is 1.56. The summed E-state index contributed by atoms with van der Waals surface area (Å²) in [6.07, 6.45) is 0.393. The van der Waals surface area contributed by atoms with E-state index in [1.807, 2.05) is 24.3 Å². The Hall–Kier alpha value is -2.84. The van der Waals surface area contributed by atoms with E-state index in [2.05, 4.69) is 46.2 Å². The Bertz CT molecular complexity index is 1150. The summed E-state index contributed by atoms with van der Waals surface area (Å²) < 4.78 is 5.87. The summed E-state index contributed by atoms with van der Waals surface area (Å²) in [7, 11) is 0. The van der Waals surface area contributed by atoms with E-state index in [1.165, 1.54) is 0 Å². The van der Waals surface area contributed by atoms with Crippen molar-refractivity contribution < 1.29 is 9.53 Å². The minimum atomic E-state index is -0.179. The van der Waals surface area contributed by atoms with E-state index in [4.69, 9.17) is 9.72 Å². The molecule has 2 aromatic carbocycles. The number of carbonyl (C=O) groups excluding carboxylic acids is 1. The van der Waals surface area contributed by atoms with Crippen molar-refractivity contribution in [2.45, 2.75) is 26.1 Å². The molecule has 0 radical (unpaired) electrons. The van der Waals surface area contributed by atoms with Gasteiger partial charge >= 0.3 is 0 Å². The molecule has 0 unspecified atom stereocenters. The highest BCUT2D eigenvalue weighted by Crippen LogP contribution is 2.28. The number of ether oxygens (including phenoxy) is 1. The number of H-pyrrole nitrogens is 1. The van der Waals surface area contributed by atoms with Crippen molar-refractivity contribution in [1.29, 1.82) is 0 Å². The first-order valence-electron chi connectivity index (χ1n) is 10.5. The zero-order chi connectivity index (χ0) is 21.4. The highest BCUT2D eigenvalue weighted by molar-refractivity contribution is 8.14. The number of para-hydroxylation sites is 1. The first kappa shape index (κ1) is 20.1. The number of imidazole rings is 1. The van der Waals surface area contributed by atoms with Crippen LogP contribution in [0, 0.1) is 0 Å². The van der Waals surface area contributed by atoms with Gasteiger partial charge in [0.15, 0.2) is 5.17 Å². The van der Waals surface area contributed by atoms with Gasteiger partial charge in [-0.15, -0.1) is 0 Å². The number of amides is 1. The molecule has 1 aromatic heterocycles. The van der Waals surface area contributed by atoms with Crippen LogP contribution in [0.25, 0.3) is 22.4 Å². The van der Waals surface area contributed by atoms with Crippen molar-refractivity contribution in [2.24, 2.45) is 4.99 Å². The Morgan fingerprint density at radius 3 is 2.77 bits per heavy atom. The van der Waals surface area contributed by atoms with Crippen molar-refractivity contribution >= 4 is 39.6 Å². The van der Waals surface area contributed by atoms with Crippen LogP contribution in [0.5, 0.6) is 0 Å².